The van der Waals surface area contributed by atoms with Gasteiger partial charge in [0, 0.05) is 5.92 Å². The van der Waals surface area contributed by atoms with Crippen molar-refractivity contribution in [3.05, 3.63) is 40.4 Å². The largest absolute Gasteiger partial charge is 0.494 e. The normalized spacial score (nSPS) is 15.9. The van der Waals surface area contributed by atoms with Crippen molar-refractivity contribution in [3.63, 3.8) is 0 Å². The molecule has 0 saturated heterocycles. The lowest BCUT2D eigenvalue weighted by molar-refractivity contribution is 0.317. The van der Waals surface area contributed by atoms with Gasteiger partial charge in [0.05, 0.1) is 12.8 Å². The zero-order valence-corrected chi connectivity index (χ0v) is 14.9. The van der Waals surface area contributed by atoms with Crippen molar-refractivity contribution in [2.45, 2.75) is 51.4 Å². The van der Waals surface area contributed by atoms with Crippen LogP contribution in [0.25, 0.3) is 0 Å². The third-order valence-corrected chi connectivity index (χ3v) is 4.59. The first-order valence-corrected chi connectivity index (χ1v) is 9.13. The van der Waals surface area contributed by atoms with Gasteiger partial charge in [-0.1, -0.05) is 26.2 Å². The van der Waals surface area contributed by atoms with E-state index in [0.29, 0.717) is 10.7 Å². The van der Waals surface area contributed by atoms with Crippen LogP contribution in [-0.2, 0) is 0 Å². The molecule has 0 spiro atoms. The highest BCUT2D eigenvalue weighted by Gasteiger charge is 2.21. The number of nitrogens with one attached hydrogen (secondary N) is 1. The van der Waals surface area contributed by atoms with Gasteiger partial charge in [0.15, 0.2) is 5.82 Å². The number of benzene rings is 1. The van der Waals surface area contributed by atoms with E-state index in [-0.39, 0.29) is 0 Å². The number of hydrogen-bond donors (Lipinski definition) is 1. The lowest BCUT2D eigenvalue weighted by Crippen LogP contribution is -2.10. The molecule has 1 aromatic heterocycles. The van der Waals surface area contributed by atoms with E-state index in [9.17, 15) is 0 Å². The fraction of sp³-hybridized carbons (Fsp3) is 0.500. The van der Waals surface area contributed by atoms with Gasteiger partial charge in [-0.25, -0.2) is 0 Å². The average Bonchev–Trinajstić information content (AvgIpc) is 3.00. The summed E-state index contributed by atoms with van der Waals surface area (Å²) in [4.78, 5) is 0. The van der Waals surface area contributed by atoms with Crippen LogP contribution in [0, 0.1) is 4.77 Å². The molecule has 5 nitrogen and oxygen atoms in total. The van der Waals surface area contributed by atoms with Crippen LogP contribution in [0.3, 0.4) is 0 Å². The van der Waals surface area contributed by atoms with E-state index in [4.69, 9.17) is 17.0 Å². The fourth-order valence-electron chi connectivity index (χ4n) is 3.03. The number of H-pyrrole nitrogens is 1. The van der Waals surface area contributed by atoms with Crippen LogP contribution in [0.5, 0.6) is 5.75 Å². The number of ether oxygens (including phenoxy) is 1. The molecule has 0 aliphatic heterocycles. The Morgan fingerprint density at radius 2 is 2.04 bits per heavy atom. The topological polar surface area (TPSA) is 55.2 Å². The van der Waals surface area contributed by atoms with Gasteiger partial charge in [-0.05, 0) is 61.3 Å². The van der Waals surface area contributed by atoms with Crippen molar-refractivity contribution in [3.8, 4) is 5.75 Å². The van der Waals surface area contributed by atoms with Gasteiger partial charge < -0.3 is 4.74 Å². The zero-order valence-electron chi connectivity index (χ0n) is 14.1. The van der Waals surface area contributed by atoms with Crippen LogP contribution < -0.4 is 4.74 Å². The van der Waals surface area contributed by atoms with Gasteiger partial charge in [-0.3, -0.25) is 5.10 Å². The zero-order chi connectivity index (χ0) is 16.8. The summed E-state index contributed by atoms with van der Waals surface area (Å²) < 4.78 is 7.92. The number of nitrogens with zero attached hydrogens (tertiary/aromatic N) is 3. The fourth-order valence-corrected chi connectivity index (χ4v) is 3.22. The standard InChI is InChI=1S/C18H24N4OS/c1-2-12-23-16-10-8-14(9-11-16)13-19-22-17(20-21-18(22)24)15-6-4-3-5-7-15/h8-11,13,15H,2-7,12H2,1H3,(H,21,24). The van der Waals surface area contributed by atoms with Gasteiger partial charge in [0.2, 0.25) is 4.77 Å². The van der Waals surface area contributed by atoms with Gasteiger partial charge >= 0.3 is 0 Å². The molecule has 128 valence electrons. The van der Waals surface area contributed by atoms with Crippen LogP contribution in [0.4, 0.5) is 0 Å². The van der Waals surface area contributed by atoms with E-state index in [2.05, 4.69) is 22.2 Å². The van der Waals surface area contributed by atoms with Gasteiger partial charge in [0.25, 0.3) is 0 Å². The first-order chi connectivity index (χ1) is 11.8. The van der Waals surface area contributed by atoms with Gasteiger partial charge in [-0.15, -0.1) is 0 Å². The molecule has 1 aromatic carbocycles. The maximum absolute atomic E-state index is 5.60. The molecule has 1 aliphatic rings. The highest BCUT2D eigenvalue weighted by atomic mass is 32.1. The molecular formula is C18H24N4OS. The Balaban J connectivity index is 1.74. The van der Waals surface area contributed by atoms with E-state index in [1.54, 1.807) is 4.68 Å². The predicted molar refractivity (Wildman–Crippen MR) is 98.5 cm³/mol. The van der Waals surface area contributed by atoms with E-state index in [1.807, 2.05) is 30.5 Å². The molecule has 1 fully saturated rings. The van der Waals surface area contributed by atoms with E-state index in [1.165, 1.54) is 32.1 Å². The average molecular weight is 344 g/mol. The molecule has 0 radical (unpaired) electrons. The van der Waals surface area contributed by atoms with Crippen LogP contribution in [-0.4, -0.2) is 27.7 Å². The second-order valence-corrected chi connectivity index (χ2v) is 6.58. The lowest BCUT2D eigenvalue weighted by Gasteiger charge is -2.19. The summed E-state index contributed by atoms with van der Waals surface area (Å²) in [6.45, 7) is 2.84. The third kappa shape index (κ3) is 4.12. The molecule has 1 N–H and O–H groups in total. The van der Waals surface area contributed by atoms with E-state index >= 15 is 0 Å². The summed E-state index contributed by atoms with van der Waals surface area (Å²) in [5.74, 6) is 2.30. The van der Waals surface area contributed by atoms with Crippen molar-refractivity contribution < 1.29 is 4.74 Å². The molecule has 24 heavy (non-hydrogen) atoms. The second kappa shape index (κ2) is 8.24. The molecule has 0 bridgehead atoms. The highest BCUT2D eigenvalue weighted by molar-refractivity contribution is 7.71. The Labute approximate surface area is 147 Å². The number of aromatic nitrogens is 3. The Kier molecular flexibility index (Phi) is 5.80. The molecule has 0 unspecified atom stereocenters. The molecule has 3 rings (SSSR count). The summed E-state index contributed by atoms with van der Waals surface area (Å²) in [6.07, 6.45) is 8.99. The Bertz CT molecular complexity index is 726. The Morgan fingerprint density at radius 3 is 2.75 bits per heavy atom. The molecule has 1 saturated carbocycles. The molecule has 6 heteroatoms. The summed E-state index contributed by atoms with van der Waals surface area (Å²) in [6, 6.07) is 7.93. The Hall–Kier alpha value is -1.95. The number of hydrogen-bond acceptors (Lipinski definition) is 4. The molecule has 2 aromatic rings. The van der Waals surface area contributed by atoms with E-state index < -0.39 is 0 Å². The lowest BCUT2D eigenvalue weighted by atomic mass is 9.89. The summed E-state index contributed by atoms with van der Waals surface area (Å²) in [5, 5.41) is 11.9. The van der Waals surface area contributed by atoms with Crippen LogP contribution in [0.15, 0.2) is 29.4 Å². The number of aromatic amines is 1. The van der Waals surface area contributed by atoms with Gasteiger partial charge in [-0.2, -0.15) is 14.9 Å². The monoisotopic (exact) mass is 344 g/mol. The minimum atomic E-state index is 0.452. The van der Waals surface area contributed by atoms with Crippen LogP contribution in [0.2, 0.25) is 0 Å². The predicted octanol–water partition coefficient (Wildman–Crippen LogP) is 4.66. The molecule has 0 atom stereocenters. The van der Waals surface area contributed by atoms with E-state index in [0.717, 1.165) is 30.2 Å². The smallest absolute Gasteiger partial charge is 0.216 e. The summed E-state index contributed by atoms with van der Waals surface area (Å²) in [5.41, 5.74) is 1.01. The molecule has 1 aliphatic carbocycles. The summed E-state index contributed by atoms with van der Waals surface area (Å²) >= 11 is 5.34. The quantitative estimate of drug-likeness (QED) is 0.612. The Morgan fingerprint density at radius 1 is 1.29 bits per heavy atom. The minimum absolute atomic E-state index is 0.452. The van der Waals surface area contributed by atoms with Crippen molar-refractivity contribution in [2.75, 3.05) is 6.61 Å². The maximum atomic E-state index is 5.60. The van der Waals surface area contributed by atoms with Crippen molar-refractivity contribution in [1.29, 1.82) is 0 Å². The van der Waals surface area contributed by atoms with Crippen LogP contribution >= 0.6 is 12.2 Å². The van der Waals surface area contributed by atoms with Gasteiger partial charge in [0.1, 0.15) is 5.75 Å². The molecule has 1 heterocycles. The third-order valence-electron chi connectivity index (χ3n) is 4.32. The first kappa shape index (κ1) is 16.9. The van der Waals surface area contributed by atoms with Crippen molar-refractivity contribution in [2.24, 2.45) is 5.10 Å². The van der Waals surface area contributed by atoms with Crippen molar-refractivity contribution in [1.82, 2.24) is 14.9 Å². The summed E-state index contributed by atoms with van der Waals surface area (Å²) in [7, 11) is 0. The highest BCUT2D eigenvalue weighted by Crippen LogP contribution is 2.31. The first-order valence-electron chi connectivity index (χ1n) is 8.72. The molecular weight excluding hydrogens is 320 g/mol. The number of rotatable bonds is 6. The SMILES string of the molecule is CCCOc1ccc(C=Nn2c(C3CCCCC3)n[nH]c2=S)cc1. The second-order valence-electron chi connectivity index (χ2n) is 6.20. The van der Waals surface area contributed by atoms with Crippen molar-refractivity contribution >= 4 is 18.4 Å². The van der Waals surface area contributed by atoms with Crippen LogP contribution in [0.1, 0.15) is 62.8 Å². The minimum Gasteiger partial charge on any atom is -0.494 e. The molecule has 0 amide bonds. The maximum Gasteiger partial charge on any atom is 0.216 e.